The summed E-state index contributed by atoms with van der Waals surface area (Å²) in [5, 5.41) is 0. The molecular formula is C10H14O2Sn. The summed E-state index contributed by atoms with van der Waals surface area (Å²) in [6.07, 6.45) is 3.89. The minimum atomic E-state index is -2.04. The van der Waals surface area contributed by atoms with Gasteiger partial charge in [0.15, 0.2) is 0 Å². The molecule has 0 fully saturated rings. The van der Waals surface area contributed by atoms with Crippen LogP contribution in [0.2, 0.25) is 14.8 Å². The van der Waals surface area contributed by atoms with Crippen molar-refractivity contribution in [1.82, 2.24) is 0 Å². The molecular weight excluding hydrogens is 271 g/mol. The fraction of sp³-hybridized carbons (Fsp3) is 0.300. The molecule has 0 aliphatic rings. The summed E-state index contributed by atoms with van der Waals surface area (Å²) in [6.45, 7) is 0. The summed E-state index contributed by atoms with van der Waals surface area (Å²) in [5.41, 5.74) is 0. The van der Waals surface area contributed by atoms with Crippen LogP contribution in [0.5, 0.6) is 0 Å². The number of hydrogen-bond donors (Lipinski definition) is 0. The molecule has 2 nitrogen and oxygen atoms in total. The van der Waals surface area contributed by atoms with E-state index in [0.717, 1.165) is 15.8 Å². The van der Waals surface area contributed by atoms with E-state index >= 15 is 0 Å². The van der Waals surface area contributed by atoms with Crippen LogP contribution in [0.3, 0.4) is 0 Å². The first-order valence-electron chi connectivity index (χ1n) is 4.26. The zero-order valence-electron chi connectivity index (χ0n) is 8.20. The maximum absolute atomic E-state index is 10.1. The molecule has 0 aromatic carbocycles. The molecule has 0 spiro atoms. The molecule has 0 amide bonds. The van der Waals surface area contributed by atoms with E-state index in [2.05, 4.69) is 14.8 Å². The number of rotatable bonds is 3. The molecule has 13 heavy (non-hydrogen) atoms. The van der Waals surface area contributed by atoms with Crippen LogP contribution < -0.4 is 3.78 Å². The third-order valence-electron chi connectivity index (χ3n) is 1.71. The Kier molecular flexibility index (Phi) is 3.36. The van der Waals surface area contributed by atoms with E-state index in [4.69, 9.17) is 4.42 Å². The second-order valence-corrected chi connectivity index (χ2v) is 18.2. The first-order valence-corrected chi connectivity index (χ1v) is 14.2. The summed E-state index contributed by atoms with van der Waals surface area (Å²) in [4.78, 5) is 16.9. The van der Waals surface area contributed by atoms with Crippen molar-refractivity contribution in [2.45, 2.75) is 14.8 Å². The van der Waals surface area contributed by atoms with Gasteiger partial charge in [0, 0.05) is 0 Å². The van der Waals surface area contributed by atoms with Crippen LogP contribution in [0, 0.1) is 0 Å². The van der Waals surface area contributed by atoms with E-state index in [1.165, 1.54) is 6.08 Å². The van der Waals surface area contributed by atoms with Gasteiger partial charge in [-0.15, -0.1) is 0 Å². The Balaban J connectivity index is 2.87. The molecule has 0 aliphatic carbocycles. The molecule has 1 rings (SSSR count). The average molecular weight is 285 g/mol. The molecule has 0 bridgehead atoms. The van der Waals surface area contributed by atoms with E-state index in [9.17, 15) is 4.79 Å². The van der Waals surface area contributed by atoms with Gasteiger partial charge in [0.25, 0.3) is 0 Å². The Morgan fingerprint density at radius 3 is 2.46 bits per heavy atom. The Morgan fingerprint density at radius 2 is 2.00 bits per heavy atom. The second kappa shape index (κ2) is 4.13. The van der Waals surface area contributed by atoms with E-state index in [1.54, 1.807) is 6.08 Å². The van der Waals surface area contributed by atoms with E-state index in [0.29, 0.717) is 0 Å². The maximum atomic E-state index is 10.1. The zero-order valence-corrected chi connectivity index (χ0v) is 11.1. The molecule has 3 heteroatoms. The molecule has 0 saturated carbocycles. The van der Waals surface area contributed by atoms with Crippen LogP contribution in [0.1, 0.15) is 5.76 Å². The molecule has 1 heterocycles. The third-order valence-corrected chi connectivity index (χ3v) is 6.69. The first-order chi connectivity index (χ1) is 6.04. The van der Waals surface area contributed by atoms with Crippen LogP contribution in [0.4, 0.5) is 0 Å². The predicted molar refractivity (Wildman–Crippen MR) is 56.8 cm³/mol. The first kappa shape index (κ1) is 10.6. The molecule has 1 aromatic rings. The SMILES string of the molecule is [CH3][Sn]([CH3])([CH3])[c]1ccc(/C=C/C=O)o1. The van der Waals surface area contributed by atoms with Crippen molar-refractivity contribution < 1.29 is 9.21 Å². The van der Waals surface area contributed by atoms with Crippen molar-refractivity contribution in [3.63, 3.8) is 0 Å². The minimum absolute atomic E-state index is 0.753. The number of aldehydes is 1. The molecule has 0 saturated heterocycles. The van der Waals surface area contributed by atoms with Crippen LogP contribution >= 0.6 is 0 Å². The number of hydrogen-bond acceptors (Lipinski definition) is 2. The number of furan rings is 1. The topological polar surface area (TPSA) is 30.2 Å². The van der Waals surface area contributed by atoms with Crippen molar-refractivity contribution in [1.29, 1.82) is 0 Å². The van der Waals surface area contributed by atoms with Crippen molar-refractivity contribution in [2.75, 3.05) is 0 Å². The van der Waals surface area contributed by atoms with Crippen LogP contribution in [0.15, 0.2) is 22.6 Å². The second-order valence-electron chi connectivity index (χ2n) is 3.95. The average Bonchev–Trinajstić information content (AvgIpc) is 2.47. The summed E-state index contributed by atoms with van der Waals surface area (Å²) in [5.74, 6) is 0.772. The Hall–Kier alpha value is -0.511. The van der Waals surface area contributed by atoms with Crippen molar-refractivity contribution in [2.24, 2.45) is 0 Å². The molecule has 70 valence electrons. The van der Waals surface area contributed by atoms with Crippen LogP contribution in [-0.2, 0) is 4.79 Å². The van der Waals surface area contributed by atoms with Crippen LogP contribution in [0.25, 0.3) is 6.08 Å². The number of carbonyl (C=O) groups excluding carboxylic acids is 1. The van der Waals surface area contributed by atoms with Gasteiger partial charge in [0.2, 0.25) is 0 Å². The van der Waals surface area contributed by atoms with Crippen molar-refractivity contribution in [3.05, 3.63) is 24.0 Å². The van der Waals surface area contributed by atoms with Crippen LogP contribution in [-0.4, -0.2) is 24.7 Å². The van der Waals surface area contributed by atoms with E-state index in [-0.39, 0.29) is 0 Å². The molecule has 0 unspecified atom stereocenters. The number of carbonyl (C=O) groups is 1. The normalized spacial score (nSPS) is 12.2. The Morgan fingerprint density at radius 1 is 1.31 bits per heavy atom. The monoisotopic (exact) mass is 286 g/mol. The predicted octanol–water partition coefficient (Wildman–Crippen LogP) is 2.04. The van der Waals surface area contributed by atoms with Gasteiger partial charge in [-0.1, -0.05) is 0 Å². The van der Waals surface area contributed by atoms with Crippen molar-refractivity contribution >= 4 is 34.5 Å². The summed E-state index contributed by atoms with van der Waals surface area (Å²) in [7, 11) is 0. The van der Waals surface area contributed by atoms with Gasteiger partial charge >= 0.3 is 82.5 Å². The summed E-state index contributed by atoms with van der Waals surface area (Å²) < 4.78 is 6.74. The summed E-state index contributed by atoms with van der Waals surface area (Å²) in [6, 6.07) is 3.94. The standard InChI is InChI=1S/C7H5O2.3CH3.Sn/c8-5-1-3-7-4-2-6-9-7;;;;/h1-5H;3*1H3;/b3-1+;;;;. The van der Waals surface area contributed by atoms with Crippen molar-refractivity contribution in [3.8, 4) is 0 Å². The third kappa shape index (κ3) is 3.03. The van der Waals surface area contributed by atoms with Gasteiger partial charge in [0.1, 0.15) is 0 Å². The Bertz CT molecular complexity index is 318. The zero-order chi connectivity index (χ0) is 9.90. The van der Waals surface area contributed by atoms with E-state index in [1.807, 2.05) is 12.1 Å². The fourth-order valence-electron chi connectivity index (χ4n) is 0.980. The quantitative estimate of drug-likeness (QED) is 0.483. The number of allylic oxidation sites excluding steroid dienone is 1. The molecule has 0 N–H and O–H groups in total. The summed E-state index contributed by atoms with van der Waals surface area (Å²) >= 11 is -2.04. The molecule has 1 aromatic heterocycles. The molecule has 0 atom stereocenters. The van der Waals surface area contributed by atoms with Gasteiger partial charge in [-0.3, -0.25) is 0 Å². The van der Waals surface area contributed by atoms with E-state index < -0.39 is 18.4 Å². The fourth-order valence-corrected chi connectivity index (χ4v) is 3.85. The van der Waals surface area contributed by atoms with Gasteiger partial charge in [0.05, 0.1) is 0 Å². The van der Waals surface area contributed by atoms with Gasteiger partial charge in [-0.05, 0) is 0 Å². The van der Waals surface area contributed by atoms with Gasteiger partial charge in [-0.2, -0.15) is 0 Å². The molecule has 0 radical (unpaired) electrons. The van der Waals surface area contributed by atoms with Gasteiger partial charge in [-0.25, -0.2) is 0 Å². The van der Waals surface area contributed by atoms with Gasteiger partial charge < -0.3 is 0 Å². The Labute approximate surface area is 82.5 Å². The molecule has 0 aliphatic heterocycles.